The van der Waals surface area contributed by atoms with Crippen LogP contribution in [0, 0.1) is 24.2 Å². The molecule has 21 heavy (non-hydrogen) atoms. The molecule has 0 heterocycles. The van der Waals surface area contributed by atoms with Crippen LogP contribution in [0.1, 0.15) is 25.0 Å². The molecule has 0 fully saturated rings. The van der Waals surface area contributed by atoms with Gasteiger partial charge in [-0.15, -0.1) is 0 Å². The van der Waals surface area contributed by atoms with Crippen LogP contribution >= 0.6 is 0 Å². The van der Waals surface area contributed by atoms with Crippen LogP contribution in [-0.2, 0) is 10.0 Å². The van der Waals surface area contributed by atoms with Gasteiger partial charge in [-0.1, -0.05) is 13.8 Å². The van der Waals surface area contributed by atoms with Crippen LogP contribution in [0.3, 0.4) is 0 Å². The number of aryl methyl sites for hydroxylation is 1. The van der Waals surface area contributed by atoms with Gasteiger partial charge in [-0.2, -0.15) is 5.26 Å². The van der Waals surface area contributed by atoms with Crippen LogP contribution in [-0.4, -0.2) is 40.0 Å². The number of sulfonamides is 1. The lowest BCUT2D eigenvalue weighted by molar-refractivity contribution is 0.314. The lowest BCUT2D eigenvalue weighted by Gasteiger charge is -2.25. The number of hydrogen-bond donors (Lipinski definition) is 1. The molecule has 116 valence electrons. The first kappa shape index (κ1) is 17.6. The van der Waals surface area contributed by atoms with E-state index in [1.165, 1.54) is 12.1 Å². The van der Waals surface area contributed by atoms with E-state index >= 15 is 0 Å². The molecule has 1 unspecified atom stereocenters. The van der Waals surface area contributed by atoms with Crippen molar-refractivity contribution in [3.63, 3.8) is 0 Å². The zero-order chi connectivity index (χ0) is 16.2. The van der Waals surface area contributed by atoms with Crippen molar-refractivity contribution in [3.8, 4) is 6.07 Å². The Kier molecular flexibility index (Phi) is 5.90. The maximum absolute atomic E-state index is 12.5. The summed E-state index contributed by atoms with van der Waals surface area (Å²) in [5.41, 5.74) is 1.04. The van der Waals surface area contributed by atoms with E-state index in [1.807, 2.05) is 38.9 Å². The molecule has 0 saturated carbocycles. The Bertz CT molecular complexity index is 631. The van der Waals surface area contributed by atoms with Crippen molar-refractivity contribution in [3.05, 3.63) is 29.3 Å². The standard InChI is InChI=1S/C15H23N3O2S/c1-11(2)14(10-18(4)5)17-21(19,20)15-7-6-13(9-16)8-12(15)3/h6-8,11,14,17H,10H2,1-5H3. The fraction of sp³-hybridized carbons (Fsp3) is 0.533. The molecule has 1 aromatic rings. The highest BCUT2D eigenvalue weighted by molar-refractivity contribution is 7.89. The van der Waals surface area contributed by atoms with Crippen LogP contribution in [0.5, 0.6) is 0 Å². The normalized spacial score (nSPS) is 13.4. The topological polar surface area (TPSA) is 73.2 Å². The first-order valence-corrected chi connectivity index (χ1v) is 8.33. The minimum absolute atomic E-state index is 0.167. The first-order valence-electron chi connectivity index (χ1n) is 6.85. The third-order valence-corrected chi connectivity index (χ3v) is 4.92. The molecule has 0 saturated heterocycles. The van der Waals surface area contributed by atoms with E-state index in [9.17, 15) is 8.42 Å². The van der Waals surface area contributed by atoms with Crippen molar-refractivity contribution in [2.24, 2.45) is 5.92 Å². The molecular formula is C15H23N3O2S. The number of benzene rings is 1. The smallest absolute Gasteiger partial charge is 0.241 e. The average Bonchev–Trinajstić information content (AvgIpc) is 2.36. The average molecular weight is 309 g/mol. The van der Waals surface area contributed by atoms with Crippen molar-refractivity contribution < 1.29 is 8.42 Å². The quantitative estimate of drug-likeness (QED) is 0.868. The molecule has 0 amide bonds. The van der Waals surface area contributed by atoms with Gasteiger partial charge in [-0.3, -0.25) is 0 Å². The molecular weight excluding hydrogens is 286 g/mol. The Morgan fingerprint density at radius 1 is 1.33 bits per heavy atom. The molecule has 0 spiro atoms. The van der Waals surface area contributed by atoms with E-state index < -0.39 is 10.0 Å². The predicted molar refractivity (Wildman–Crippen MR) is 83.4 cm³/mol. The monoisotopic (exact) mass is 309 g/mol. The number of nitriles is 1. The minimum Gasteiger partial charge on any atom is -0.308 e. The molecule has 1 atom stereocenters. The maximum atomic E-state index is 12.5. The summed E-state index contributed by atoms with van der Waals surface area (Å²) in [7, 11) is 0.235. The van der Waals surface area contributed by atoms with Crippen LogP contribution in [0.25, 0.3) is 0 Å². The zero-order valence-electron chi connectivity index (χ0n) is 13.2. The summed E-state index contributed by atoms with van der Waals surface area (Å²) in [5.74, 6) is 0.181. The molecule has 1 rings (SSSR count). The van der Waals surface area contributed by atoms with Crippen molar-refractivity contribution in [2.75, 3.05) is 20.6 Å². The van der Waals surface area contributed by atoms with Gasteiger partial charge in [-0.25, -0.2) is 13.1 Å². The third-order valence-electron chi connectivity index (χ3n) is 3.27. The maximum Gasteiger partial charge on any atom is 0.241 e. The van der Waals surface area contributed by atoms with Gasteiger partial charge < -0.3 is 4.90 Å². The number of rotatable bonds is 6. The number of likely N-dealkylation sites (N-methyl/N-ethyl adjacent to an activating group) is 1. The third kappa shape index (κ3) is 4.81. The van der Waals surface area contributed by atoms with E-state index in [-0.39, 0.29) is 16.9 Å². The van der Waals surface area contributed by atoms with Gasteiger partial charge in [-0.05, 0) is 50.7 Å². The van der Waals surface area contributed by atoms with Crippen molar-refractivity contribution >= 4 is 10.0 Å². The molecule has 0 radical (unpaired) electrons. The molecule has 0 aliphatic rings. The molecule has 1 aromatic carbocycles. The van der Waals surface area contributed by atoms with Gasteiger partial charge in [0.2, 0.25) is 10.0 Å². The van der Waals surface area contributed by atoms with Crippen molar-refractivity contribution in [2.45, 2.75) is 31.7 Å². The minimum atomic E-state index is -3.59. The van der Waals surface area contributed by atoms with Crippen molar-refractivity contribution in [1.82, 2.24) is 9.62 Å². The number of hydrogen-bond acceptors (Lipinski definition) is 4. The fourth-order valence-corrected chi connectivity index (χ4v) is 3.66. The van der Waals surface area contributed by atoms with Gasteiger partial charge in [0.1, 0.15) is 0 Å². The van der Waals surface area contributed by atoms with E-state index in [0.717, 1.165) is 0 Å². The first-order chi connectivity index (χ1) is 9.67. The summed E-state index contributed by atoms with van der Waals surface area (Å²) in [6.45, 7) is 6.31. The second-order valence-electron chi connectivity index (χ2n) is 5.83. The van der Waals surface area contributed by atoms with E-state index in [0.29, 0.717) is 17.7 Å². The van der Waals surface area contributed by atoms with E-state index in [1.54, 1.807) is 13.0 Å². The van der Waals surface area contributed by atoms with Gasteiger partial charge in [0.25, 0.3) is 0 Å². The predicted octanol–water partition coefficient (Wildman–Crippen LogP) is 1.73. The second-order valence-corrected chi connectivity index (χ2v) is 7.51. The van der Waals surface area contributed by atoms with Gasteiger partial charge in [0.05, 0.1) is 16.5 Å². The van der Waals surface area contributed by atoms with Gasteiger partial charge in [0.15, 0.2) is 0 Å². The number of nitrogens with one attached hydrogen (secondary N) is 1. The molecule has 0 aromatic heterocycles. The van der Waals surface area contributed by atoms with E-state index in [2.05, 4.69) is 4.72 Å². The van der Waals surface area contributed by atoms with Crippen LogP contribution in [0.15, 0.2) is 23.1 Å². The summed E-state index contributed by atoms with van der Waals surface area (Å²) in [5, 5.41) is 8.85. The molecule has 1 N–H and O–H groups in total. The number of nitrogens with zero attached hydrogens (tertiary/aromatic N) is 2. The summed E-state index contributed by atoms with van der Waals surface area (Å²) < 4.78 is 27.8. The largest absolute Gasteiger partial charge is 0.308 e. The summed E-state index contributed by atoms with van der Waals surface area (Å²) >= 11 is 0. The Morgan fingerprint density at radius 2 is 1.95 bits per heavy atom. The SMILES string of the molecule is Cc1cc(C#N)ccc1S(=O)(=O)NC(CN(C)C)C(C)C. The Labute approximate surface area is 127 Å². The Hall–Kier alpha value is -1.42. The highest BCUT2D eigenvalue weighted by Gasteiger charge is 2.24. The van der Waals surface area contributed by atoms with Gasteiger partial charge >= 0.3 is 0 Å². The van der Waals surface area contributed by atoms with E-state index in [4.69, 9.17) is 5.26 Å². The molecule has 0 aliphatic heterocycles. The lowest BCUT2D eigenvalue weighted by Crippen LogP contribution is -2.45. The van der Waals surface area contributed by atoms with Gasteiger partial charge in [0, 0.05) is 12.6 Å². The summed E-state index contributed by atoms with van der Waals surface area (Å²) in [4.78, 5) is 2.18. The van der Waals surface area contributed by atoms with Crippen LogP contribution in [0.4, 0.5) is 0 Å². The Morgan fingerprint density at radius 3 is 2.38 bits per heavy atom. The lowest BCUT2D eigenvalue weighted by atomic mass is 10.1. The van der Waals surface area contributed by atoms with Crippen LogP contribution in [0.2, 0.25) is 0 Å². The highest BCUT2D eigenvalue weighted by atomic mass is 32.2. The zero-order valence-corrected chi connectivity index (χ0v) is 14.0. The highest BCUT2D eigenvalue weighted by Crippen LogP contribution is 2.18. The molecule has 6 heteroatoms. The van der Waals surface area contributed by atoms with Crippen molar-refractivity contribution in [1.29, 1.82) is 5.26 Å². The molecule has 0 bridgehead atoms. The fourth-order valence-electron chi connectivity index (χ4n) is 2.06. The second kappa shape index (κ2) is 7.03. The van der Waals surface area contributed by atoms with Crippen LogP contribution < -0.4 is 4.72 Å². The Balaban J connectivity index is 3.08. The molecule has 0 aliphatic carbocycles. The summed E-state index contributed by atoms with van der Waals surface area (Å²) in [6, 6.07) is 6.45. The summed E-state index contributed by atoms with van der Waals surface area (Å²) in [6.07, 6.45) is 0. The molecule has 5 nitrogen and oxygen atoms in total.